The second-order valence-corrected chi connectivity index (χ2v) is 4.16. The molecule has 0 aliphatic carbocycles. The molecule has 0 aliphatic rings. The van der Waals surface area contributed by atoms with Gasteiger partial charge in [-0.1, -0.05) is 0 Å². The summed E-state index contributed by atoms with van der Waals surface area (Å²) in [4.78, 5) is 19.0. The monoisotopic (exact) mass is 258 g/mol. The molecule has 0 aliphatic heterocycles. The van der Waals surface area contributed by atoms with Crippen molar-refractivity contribution < 1.29 is 4.92 Å². The van der Waals surface area contributed by atoms with Gasteiger partial charge in [0.2, 0.25) is 0 Å². The van der Waals surface area contributed by atoms with Crippen LogP contribution >= 0.6 is 0 Å². The van der Waals surface area contributed by atoms with E-state index in [-0.39, 0.29) is 5.69 Å². The molecule has 0 saturated carbocycles. The number of rotatable bonds is 4. The molecule has 0 saturated heterocycles. The van der Waals surface area contributed by atoms with Crippen LogP contribution in [-0.4, -0.2) is 21.9 Å². The second-order valence-electron chi connectivity index (χ2n) is 4.16. The zero-order valence-electron chi connectivity index (χ0n) is 10.8. The maximum absolute atomic E-state index is 10.6. The molecular weight excluding hydrogens is 244 g/mol. The van der Waals surface area contributed by atoms with Gasteiger partial charge in [-0.2, -0.15) is 0 Å². The van der Waals surface area contributed by atoms with Crippen LogP contribution in [0.15, 0.2) is 30.3 Å². The first kappa shape index (κ1) is 13.1. The number of aromatic nitrogens is 2. The van der Waals surface area contributed by atoms with Crippen molar-refractivity contribution in [2.75, 3.05) is 7.05 Å². The summed E-state index contributed by atoms with van der Waals surface area (Å²) in [5.74, 6) is 0.583. The summed E-state index contributed by atoms with van der Waals surface area (Å²) in [5, 5.41) is 13.6. The molecule has 19 heavy (non-hydrogen) atoms. The number of hydrogen-bond donors (Lipinski definition) is 1. The lowest BCUT2D eigenvalue weighted by Crippen LogP contribution is -2.08. The third-order valence-corrected chi connectivity index (χ3v) is 2.60. The molecule has 0 amide bonds. The molecule has 1 aromatic carbocycles. The van der Waals surface area contributed by atoms with Crippen LogP contribution in [0.1, 0.15) is 11.4 Å². The highest BCUT2D eigenvalue weighted by Crippen LogP contribution is 2.19. The standard InChI is InChI=1S/C13H14N4O2/c1-9-7-11(8-14-2)16-13(15-9)10-3-5-12(6-4-10)17(18)19/h3-7,14H,8H2,1-2H3. The third kappa shape index (κ3) is 3.11. The molecule has 1 aromatic heterocycles. The molecule has 0 spiro atoms. The molecule has 0 radical (unpaired) electrons. The Balaban J connectivity index is 2.37. The van der Waals surface area contributed by atoms with Gasteiger partial charge in [-0.3, -0.25) is 10.1 Å². The molecule has 0 unspecified atom stereocenters. The summed E-state index contributed by atoms with van der Waals surface area (Å²) >= 11 is 0. The van der Waals surface area contributed by atoms with Crippen molar-refractivity contribution in [1.82, 2.24) is 15.3 Å². The lowest BCUT2D eigenvalue weighted by Gasteiger charge is -2.05. The highest BCUT2D eigenvalue weighted by atomic mass is 16.6. The van der Waals surface area contributed by atoms with Gasteiger partial charge < -0.3 is 5.32 Å². The quantitative estimate of drug-likeness (QED) is 0.670. The van der Waals surface area contributed by atoms with Crippen molar-refractivity contribution >= 4 is 5.69 Å². The Morgan fingerprint density at radius 1 is 1.26 bits per heavy atom. The van der Waals surface area contributed by atoms with E-state index in [1.54, 1.807) is 12.1 Å². The van der Waals surface area contributed by atoms with Crippen molar-refractivity contribution in [3.8, 4) is 11.4 Å². The first-order chi connectivity index (χ1) is 9.10. The first-order valence-electron chi connectivity index (χ1n) is 5.84. The minimum absolute atomic E-state index is 0.0619. The van der Waals surface area contributed by atoms with Crippen LogP contribution < -0.4 is 5.32 Å². The summed E-state index contributed by atoms with van der Waals surface area (Å²) in [6.07, 6.45) is 0. The highest BCUT2D eigenvalue weighted by Gasteiger charge is 2.08. The minimum Gasteiger partial charge on any atom is -0.314 e. The van der Waals surface area contributed by atoms with E-state index >= 15 is 0 Å². The van der Waals surface area contributed by atoms with Gasteiger partial charge in [-0.15, -0.1) is 0 Å². The maximum atomic E-state index is 10.6. The van der Waals surface area contributed by atoms with Crippen molar-refractivity contribution in [1.29, 1.82) is 0 Å². The molecule has 6 nitrogen and oxygen atoms in total. The third-order valence-electron chi connectivity index (χ3n) is 2.60. The molecule has 98 valence electrons. The van der Waals surface area contributed by atoms with Crippen molar-refractivity contribution in [2.45, 2.75) is 13.5 Å². The molecule has 2 aromatic rings. The molecule has 0 bridgehead atoms. The smallest absolute Gasteiger partial charge is 0.269 e. The molecular formula is C13H14N4O2. The molecule has 1 heterocycles. The number of hydrogen-bond acceptors (Lipinski definition) is 5. The van der Waals surface area contributed by atoms with E-state index in [1.807, 2.05) is 20.0 Å². The largest absolute Gasteiger partial charge is 0.314 e. The average Bonchev–Trinajstić information content (AvgIpc) is 2.38. The summed E-state index contributed by atoms with van der Waals surface area (Å²) < 4.78 is 0. The number of nitro groups is 1. The van der Waals surface area contributed by atoms with Crippen molar-refractivity contribution in [2.24, 2.45) is 0 Å². The molecule has 6 heteroatoms. The lowest BCUT2D eigenvalue weighted by molar-refractivity contribution is -0.384. The Labute approximate surface area is 110 Å². The van der Waals surface area contributed by atoms with Crippen LogP contribution in [-0.2, 0) is 6.54 Å². The number of non-ortho nitro benzene ring substituents is 1. The van der Waals surface area contributed by atoms with E-state index in [4.69, 9.17) is 0 Å². The molecule has 1 N–H and O–H groups in total. The number of nitrogens with zero attached hydrogens (tertiary/aromatic N) is 3. The molecule has 0 atom stereocenters. The zero-order chi connectivity index (χ0) is 13.8. The lowest BCUT2D eigenvalue weighted by atomic mass is 10.2. The second kappa shape index (κ2) is 5.53. The summed E-state index contributed by atoms with van der Waals surface area (Å²) in [6, 6.07) is 8.15. The van der Waals surface area contributed by atoms with Gasteiger partial charge >= 0.3 is 0 Å². The topological polar surface area (TPSA) is 81.0 Å². The van der Waals surface area contributed by atoms with E-state index in [2.05, 4.69) is 15.3 Å². The van der Waals surface area contributed by atoms with Gasteiger partial charge in [-0.25, -0.2) is 9.97 Å². The number of aryl methyl sites for hydroxylation is 1. The van der Waals surface area contributed by atoms with E-state index in [9.17, 15) is 10.1 Å². The predicted octanol–water partition coefficient (Wildman–Crippen LogP) is 2.08. The normalized spacial score (nSPS) is 10.4. The minimum atomic E-state index is -0.423. The van der Waals surface area contributed by atoms with Crippen LogP contribution in [0.4, 0.5) is 5.69 Å². The Kier molecular flexibility index (Phi) is 3.82. The predicted molar refractivity (Wildman–Crippen MR) is 71.6 cm³/mol. The average molecular weight is 258 g/mol. The Hall–Kier alpha value is -2.34. The SMILES string of the molecule is CNCc1cc(C)nc(-c2ccc([N+](=O)[O-])cc2)n1. The van der Waals surface area contributed by atoms with Gasteiger partial charge in [0.15, 0.2) is 5.82 Å². The molecule has 0 fully saturated rings. The van der Waals surface area contributed by atoms with Crippen LogP contribution in [0, 0.1) is 17.0 Å². The fourth-order valence-corrected chi connectivity index (χ4v) is 1.77. The van der Waals surface area contributed by atoms with E-state index in [0.717, 1.165) is 17.0 Å². The van der Waals surface area contributed by atoms with Gasteiger partial charge in [-0.05, 0) is 32.2 Å². The van der Waals surface area contributed by atoms with E-state index in [1.165, 1.54) is 12.1 Å². The molecule has 2 rings (SSSR count). The number of nitro benzene ring substituents is 1. The fraction of sp³-hybridized carbons (Fsp3) is 0.231. The van der Waals surface area contributed by atoms with Gasteiger partial charge in [0.1, 0.15) is 0 Å². The number of nitrogens with one attached hydrogen (secondary N) is 1. The number of benzene rings is 1. The first-order valence-corrected chi connectivity index (χ1v) is 5.84. The van der Waals surface area contributed by atoms with Crippen LogP contribution in [0.5, 0.6) is 0 Å². The van der Waals surface area contributed by atoms with Crippen molar-refractivity contribution in [3.05, 3.63) is 51.8 Å². The van der Waals surface area contributed by atoms with E-state index < -0.39 is 4.92 Å². The van der Waals surface area contributed by atoms with Crippen molar-refractivity contribution in [3.63, 3.8) is 0 Å². The Morgan fingerprint density at radius 3 is 2.53 bits per heavy atom. The van der Waals surface area contributed by atoms with Gasteiger partial charge in [0, 0.05) is 29.9 Å². The highest BCUT2D eigenvalue weighted by molar-refractivity contribution is 5.57. The summed E-state index contributed by atoms with van der Waals surface area (Å²) in [5.41, 5.74) is 2.59. The van der Waals surface area contributed by atoms with E-state index in [0.29, 0.717) is 12.4 Å². The Morgan fingerprint density at radius 2 is 1.95 bits per heavy atom. The van der Waals surface area contributed by atoms with Crippen LogP contribution in [0.2, 0.25) is 0 Å². The summed E-state index contributed by atoms with van der Waals surface area (Å²) in [7, 11) is 1.85. The fourth-order valence-electron chi connectivity index (χ4n) is 1.77. The summed E-state index contributed by atoms with van der Waals surface area (Å²) in [6.45, 7) is 2.55. The van der Waals surface area contributed by atoms with Gasteiger partial charge in [0.25, 0.3) is 5.69 Å². The zero-order valence-corrected chi connectivity index (χ0v) is 10.8. The van der Waals surface area contributed by atoms with Crippen LogP contribution in [0.3, 0.4) is 0 Å². The maximum Gasteiger partial charge on any atom is 0.269 e. The van der Waals surface area contributed by atoms with Crippen LogP contribution in [0.25, 0.3) is 11.4 Å². The Bertz CT molecular complexity index is 596. The van der Waals surface area contributed by atoms with Gasteiger partial charge in [0.05, 0.1) is 10.6 Å².